The number of amides is 1. The fraction of sp³-hybridized carbons (Fsp3) is 0.364. The Balaban J connectivity index is 2.37. The van der Waals surface area contributed by atoms with Crippen LogP contribution in [0.25, 0.3) is 0 Å². The highest BCUT2D eigenvalue weighted by Crippen LogP contribution is 2.09. The molecule has 1 rings (SSSR count). The van der Waals surface area contributed by atoms with Gasteiger partial charge in [-0.25, -0.2) is 0 Å². The maximum atomic E-state index is 11.5. The van der Waals surface area contributed by atoms with Crippen molar-refractivity contribution in [2.24, 2.45) is 0 Å². The summed E-state index contributed by atoms with van der Waals surface area (Å²) in [4.78, 5) is 11.5. The highest BCUT2D eigenvalue weighted by Gasteiger charge is 2.03. The van der Waals surface area contributed by atoms with Gasteiger partial charge in [-0.3, -0.25) is 4.79 Å². The first-order valence-electron chi connectivity index (χ1n) is 4.88. The summed E-state index contributed by atoms with van der Waals surface area (Å²) in [5.41, 5.74) is 0.600. The van der Waals surface area contributed by atoms with Gasteiger partial charge in [-0.1, -0.05) is 11.6 Å². The van der Waals surface area contributed by atoms with E-state index in [-0.39, 0.29) is 12.5 Å². The molecule has 0 atom stereocenters. The van der Waals surface area contributed by atoms with E-state index >= 15 is 0 Å². The fourth-order valence-electron chi connectivity index (χ4n) is 1.14. The van der Waals surface area contributed by atoms with Crippen molar-refractivity contribution in [2.75, 3.05) is 13.2 Å². The molecular weight excluding hydrogens is 214 g/mol. The molecule has 0 spiro atoms. The van der Waals surface area contributed by atoms with Crippen molar-refractivity contribution in [3.8, 4) is 0 Å². The number of aliphatic hydroxyl groups is 1. The van der Waals surface area contributed by atoms with E-state index in [1.54, 1.807) is 24.3 Å². The SMILES string of the molecule is O=C(NCCCCO)c1ccc(Cl)cc1. The molecule has 0 saturated carbocycles. The predicted molar refractivity (Wildman–Crippen MR) is 60.1 cm³/mol. The highest BCUT2D eigenvalue weighted by molar-refractivity contribution is 6.30. The number of carbonyl (C=O) groups is 1. The van der Waals surface area contributed by atoms with Crippen LogP contribution in [0.15, 0.2) is 24.3 Å². The number of hydrogen-bond acceptors (Lipinski definition) is 2. The first kappa shape index (κ1) is 12.0. The Hall–Kier alpha value is -1.06. The lowest BCUT2D eigenvalue weighted by atomic mass is 10.2. The van der Waals surface area contributed by atoms with E-state index in [0.717, 1.165) is 6.42 Å². The number of aliphatic hydroxyl groups excluding tert-OH is 1. The molecule has 4 heteroatoms. The van der Waals surface area contributed by atoms with Crippen LogP contribution in [0.1, 0.15) is 23.2 Å². The Morgan fingerprint density at radius 1 is 1.27 bits per heavy atom. The Morgan fingerprint density at radius 2 is 1.93 bits per heavy atom. The van der Waals surface area contributed by atoms with Crippen molar-refractivity contribution in [1.29, 1.82) is 0 Å². The lowest BCUT2D eigenvalue weighted by Gasteiger charge is -2.04. The second-order valence-electron chi connectivity index (χ2n) is 3.19. The zero-order valence-electron chi connectivity index (χ0n) is 8.37. The van der Waals surface area contributed by atoms with Crippen LogP contribution in [0.4, 0.5) is 0 Å². The van der Waals surface area contributed by atoms with Crippen LogP contribution < -0.4 is 5.32 Å². The van der Waals surface area contributed by atoms with Gasteiger partial charge in [0.05, 0.1) is 0 Å². The maximum absolute atomic E-state index is 11.5. The molecule has 0 aliphatic rings. The minimum Gasteiger partial charge on any atom is -0.396 e. The Bertz CT molecular complexity index is 311. The molecule has 2 N–H and O–H groups in total. The summed E-state index contributed by atoms with van der Waals surface area (Å²) in [6.45, 7) is 0.749. The number of halogens is 1. The van der Waals surface area contributed by atoms with Crippen molar-refractivity contribution in [1.82, 2.24) is 5.32 Å². The first-order chi connectivity index (χ1) is 7.24. The molecule has 0 heterocycles. The summed E-state index contributed by atoms with van der Waals surface area (Å²) in [6, 6.07) is 6.74. The molecule has 0 radical (unpaired) electrons. The minimum absolute atomic E-state index is 0.107. The topological polar surface area (TPSA) is 49.3 Å². The summed E-state index contributed by atoms with van der Waals surface area (Å²) in [7, 11) is 0. The normalized spacial score (nSPS) is 10.0. The molecule has 1 amide bonds. The van der Waals surface area contributed by atoms with E-state index in [4.69, 9.17) is 16.7 Å². The van der Waals surface area contributed by atoms with Crippen LogP contribution in [-0.2, 0) is 0 Å². The minimum atomic E-state index is -0.107. The van der Waals surface area contributed by atoms with Gasteiger partial charge < -0.3 is 10.4 Å². The monoisotopic (exact) mass is 227 g/mol. The molecule has 0 saturated heterocycles. The van der Waals surface area contributed by atoms with Crippen molar-refractivity contribution in [2.45, 2.75) is 12.8 Å². The second-order valence-corrected chi connectivity index (χ2v) is 3.63. The predicted octanol–water partition coefficient (Wildman–Crippen LogP) is 1.84. The number of rotatable bonds is 5. The Labute approximate surface area is 94.1 Å². The quantitative estimate of drug-likeness (QED) is 0.755. The van der Waals surface area contributed by atoms with Crippen LogP contribution in [0, 0.1) is 0 Å². The van der Waals surface area contributed by atoms with Crippen molar-refractivity contribution in [3.63, 3.8) is 0 Å². The first-order valence-corrected chi connectivity index (χ1v) is 5.26. The maximum Gasteiger partial charge on any atom is 0.251 e. The molecule has 0 unspecified atom stereocenters. The summed E-state index contributed by atoms with van der Waals surface area (Å²) in [6.07, 6.45) is 1.50. The molecule has 3 nitrogen and oxygen atoms in total. The molecule has 0 fully saturated rings. The average molecular weight is 228 g/mol. The van der Waals surface area contributed by atoms with Crippen LogP contribution in [0.3, 0.4) is 0 Å². The summed E-state index contributed by atoms with van der Waals surface area (Å²) >= 11 is 5.70. The molecule has 0 bridgehead atoms. The van der Waals surface area contributed by atoms with Crippen molar-refractivity contribution in [3.05, 3.63) is 34.9 Å². The molecule has 1 aromatic rings. The molecule has 0 aliphatic heterocycles. The van der Waals surface area contributed by atoms with E-state index in [0.29, 0.717) is 23.6 Å². The van der Waals surface area contributed by atoms with Crippen LogP contribution in [0.5, 0.6) is 0 Å². The van der Waals surface area contributed by atoms with Crippen molar-refractivity contribution >= 4 is 17.5 Å². The molecule has 0 aromatic heterocycles. The van der Waals surface area contributed by atoms with Crippen LogP contribution in [-0.4, -0.2) is 24.2 Å². The van der Waals surface area contributed by atoms with Gasteiger partial charge >= 0.3 is 0 Å². The van der Waals surface area contributed by atoms with Crippen LogP contribution >= 0.6 is 11.6 Å². The lowest BCUT2D eigenvalue weighted by Crippen LogP contribution is -2.24. The van der Waals surface area contributed by atoms with Gasteiger partial charge in [0.25, 0.3) is 5.91 Å². The number of nitrogens with one attached hydrogen (secondary N) is 1. The van der Waals surface area contributed by atoms with Gasteiger partial charge in [0, 0.05) is 23.7 Å². The lowest BCUT2D eigenvalue weighted by molar-refractivity contribution is 0.0952. The summed E-state index contributed by atoms with van der Waals surface area (Å²) < 4.78 is 0. The van der Waals surface area contributed by atoms with E-state index in [1.807, 2.05) is 0 Å². The third-order valence-corrected chi connectivity index (χ3v) is 2.23. The van der Waals surface area contributed by atoms with Crippen molar-refractivity contribution < 1.29 is 9.90 Å². The van der Waals surface area contributed by atoms with Gasteiger partial charge in [-0.05, 0) is 37.1 Å². The molecule has 0 aliphatic carbocycles. The van der Waals surface area contributed by atoms with E-state index < -0.39 is 0 Å². The molecule has 15 heavy (non-hydrogen) atoms. The highest BCUT2D eigenvalue weighted by atomic mass is 35.5. The number of unbranched alkanes of at least 4 members (excludes halogenated alkanes) is 1. The van der Waals surface area contributed by atoms with E-state index in [9.17, 15) is 4.79 Å². The molecular formula is C11H14ClNO2. The number of benzene rings is 1. The third-order valence-electron chi connectivity index (χ3n) is 1.98. The van der Waals surface area contributed by atoms with E-state index in [2.05, 4.69) is 5.32 Å². The number of carbonyl (C=O) groups excluding carboxylic acids is 1. The Morgan fingerprint density at radius 3 is 2.53 bits per heavy atom. The zero-order chi connectivity index (χ0) is 11.1. The molecule has 1 aromatic carbocycles. The smallest absolute Gasteiger partial charge is 0.251 e. The Kier molecular flexibility index (Phi) is 5.15. The fourth-order valence-corrected chi connectivity index (χ4v) is 1.27. The van der Waals surface area contributed by atoms with Gasteiger partial charge in [0.15, 0.2) is 0 Å². The second kappa shape index (κ2) is 6.43. The van der Waals surface area contributed by atoms with E-state index in [1.165, 1.54) is 0 Å². The average Bonchev–Trinajstić information content (AvgIpc) is 2.25. The zero-order valence-corrected chi connectivity index (χ0v) is 9.13. The van der Waals surface area contributed by atoms with Gasteiger partial charge in [0.2, 0.25) is 0 Å². The van der Waals surface area contributed by atoms with Gasteiger partial charge in [-0.15, -0.1) is 0 Å². The molecule has 82 valence electrons. The summed E-state index contributed by atoms with van der Waals surface area (Å²) in [5, 5.41) is 11.9. The largest absolute Gasteiger partial charge is 0.396 e. The summed E-state index contributed by atoms with van der Waals surface area (Å²) in [5.74, 6) is -0.107. The van der Waals surface area contributed by atoms with Gasteiger partial charge in [0.1, 0.15) is 0 Å². The van der Waals surface area contributed by atoms with Gasteiger partial charge in [-0.2, -0.15) is 0 Å². The standard InChI is InChI=1S/C11H14ClNO2/c12-10-5-3-9(4-6-10)11(15)13-7-1-2-8-14/h3-6,14H,1-2,7-8H2,(H,13,15). The number of hydrogen-bond donors (Lipinski definition) is 2. The van der Waals surface area contributed by atoms with Crippen LogP contribution in [0.2, 0.25) is 5.02 Å². The third kappa shape index (κ3) is 4.32.